The minimum atomic E-state index is 0.809. The molecule has 2 unspecified atom stereocenters. The molecular weight excluding hydrogens is 296 g/mol. The molecule has 1 aliphatic heterocycles. The molecule has 1 aromatic rings. The predicted molar refractivity (Wildman–Crippen MR) is 99.8 cm³/mol. The fourth-order valence-corrected chi connectivity index (χ4v) is 5.39. The Morgan fingerprint density at radius 1 is 1.00 bits per heavy atom. The first-order valence-corrected chi connectivity index (χ1v) is 9.55. The third-order valence-corrected chi connectivity index (χ3v) is 6.38. The smallest absolute Gasteiger partial charge is 0.142 e. The number of allylic oxidation sites excluding steroid dienone is 1. The van der Waals surface area contributed by atoms with Gasteiger partial charge in [0.05, 0.1) is 12.8 Å². The molecule has 3 aliphatic rings. The summed E-state index contributed by atoms with van der Waals surface area (Å²) >= 11 is 0. The van der Waals surface area contributed by atoms with Crippen molar-refractivity contribution in [3.8, 4) is 5.75 Å². The van der Waals surface area contributed by atoms with Crippen molar-refractivity contribution in [1.29, 1.82) is 0 Å². The second-order valence-electron chi connectivity index (χ2n) is 7.79. The highest BCUT2D eigenvalue weighted by atomic mass is 16.5. The quantitative estimate of drug-likeness (QED) is 0.782. The molecule has 2 bridgehead atoms. The Morgan fingerprint density at radius 3 is 2.33 bits per heavy atom. The molecule has 1 saturated heterocycles. The van der Waals surface area contributed by atoms with Gasteiger partial charge >= 0.3 is 0 Å². The first-order valence-electron chi connectivity index (χ1n) is 9.55. The lowest BCUT2D eigenvalue weighted by atomic mass is 9.66. The molecule has 130 valence electrons. The van der Waals surface area contributed by atoms with E-state index in [9.17, 15) is 0 Å². The molecule has 2 saturated carbocycles. The summed E-state index contributed by atoms with van der Waals surface area (Å²) in [5.74, 6) is 2.72. The third-order valence-electron chi connectivity index (χ3n) is 6.38. The summed E-state index contributed by atoms with van der Waals surface area (Å²) in [5, 5.41) is 0. The number of anilines is 1. The van der Waals surface area contributed by atoms with Gasteiger partial charge in [-0.05, 0) is 49.7 Å². The van der Waals surface area contributed by atoms with Crippen LogP contribution in [0, 0.1) is 11.8 Å². The van der Waals surface area contributed by atoms with E-state index in [1.165, 1.54) is 56.5 Å². The SMILES string of the molecule is C=C1CC2CCCC(C1)C2N1CCN(c2ccccc2OC)CC1. The van der Waals surface area contributed by atoms with E-state index >= 15 is 0 Å². The zero-order chi connectivity index (χ0) is 16.5. The normalized spacial score (nSPS) is 31.1. The van der Waals surface area contributed by atoms with Gasteiger partial charge in [0.25, 0.3) is 0 Å². The van der Waals surface area contributed by atoms with E-state index < -0.39 is 0 Å². The number of rotatable bonds is 3. The molecular formula is C21H30N2O. The number of hydrogen-bond donors (Lipinski definition) is 0. The monoisotopic (exact) mass is 326 g/mol. The number of para-hydroxylation sites is 2. The predicted octanol–water partition coefficient (Wildman–Crippen LogP) is 3.95. The van der Waals surface area contributed by atoms with Gasteiger partial charge < -0.3 is 9.64 Å². The largest absolute Gasteiger partial charge is 0.495 e. The highest BCUT2D eigenvalue weighted by Gasteiger charge is 2.41. The number of methoxy groups -OCH3 is 1. The number of benzene rings is 1. The van der Waals surface area contributed by atoms with Crippen LogP contribution < -0.4 is 9.64 Å². The molecule has 0 aromatic heterocycles. The van der Waals surface area contributed by atoms with E-state index in [-0.39, 0.29) is 0 Å². The van der Waals surface area contributed by atoms with Crippen LogP contribution in [0.15, 0.2) is 36.4 Å². The minimum Gasteiger partial charge on any atom is -0.495 e. The number of piperazine rings is 1. The minimum absolute atomic E-state index is 0.809. The standard InChI is InChI=1S/C21H30N2O/c1-16-14-17-6-5-7-18(15-16)21(17)23-12-10-22(11-13-23)19-8-3-4-9-20(19)24-2/h3-4,8-9,17-18,21H,1,5-7,10-15H2,2H3. The second-order valence-corrected chi connectivity index (χ2v) is 7.79. The topological polar surface area (TPSA) is 15.7 Å². The molecule has 2 atom stereocenters. The third kappa shape index (κ3) is 2.95. The van der Waals surface area contributed by atoms with Crippen molar-refractivity contribution in [2.45, 2.75) is 38.1 Å². The van der Waals surface area contributed by atoms with Crippen molar-refractivity contribution in [2.75, 3.05) is 38.2 Å². The van der Waals surface area contributed by atoms with Crippen LogP contribution in [0.4, 0.5) is 5.69 Å². The van der Waals surface area contributed by atoms with Crippen LogP contribution in [0.2, 0.25) is 0 Å². The Bertz CT molecular complexity index is 575. The number of hydrogen-bond acceptors (Lipinski definition) is 3. The highest BCUT2D eigenvalue weighted by Crippen LogP contribution is 2.44. The van der Waals surface area contributed by atoms with Gasteiger partial charge in [-0.1, -0.05) is 30.7 Å². The van der Waals surface area contributed by atoms with Crippen molar-refractivity contribution in [2.24, 2.45) is 11.8 Å². The summed E-state index contributed by atoms with van der Waals surface area (Å²) in [5.41, 5.74) is 2.76. The Kier molecular flexibility index (Phi) is 4.53. The number of fused-ring (bicyclic) bond motifs is 2. The van der Waals surface area contributed by atoms with Crippen molar-refractivity contribution >= 4 is 5.69 Å². The molecule has 0 N–H and O–H groups in total. The second kappa shape index (κ2) is 6.79. The summed E-state index contributed by atoms with van der Waals surface area (Å²) in [7, 11) is 1.77. The average Bonchev–Trinajstić information content (AvgIpc) is 2.61. The maximum Gasteiger partial charge on any atom is 0.142 e. The molecule has 3 fully saturated rings. The molecule has 0 spiro atoms. The lowest BCUT2D eigenvalue weighted by Gasteiger charge is -2.51. The van der Waals surface area contributed by atoms with E-state index in [0.29, 0.717) is 0 Å². The van der Waals surface area contributed by atoms with Crippen LogP contribution in [0.3, 0.4) is 0 Å². The van der Waals surface area contributed by atoms with Crippen LogP contribution in [0.25, 0.3) is 0 Å². The summed E-state index contributed by atoms with van der Waals surface area (Å²) in [6.45, 7) is 8.89. The lowest BCUT2D eigenvalue weighted by molar-refractivity contribution is 0.0343. The van der Waals surface area contributed by atoms with Crippen molar-refractivity contribution in [1.82, 2.24) is 4.90 Å². The molecule has 24 heavy (non-hydrogen) atoms. The van der Waals surface area contributed by atoms with Crippen LogP contribution in [-0.4, -0.2) is 44.2 Å². The van der Waals surface area contributed by atoms with Crippen molar-refractivity contribution in [3.05, 3.63) is 36.4 Å². The molecule has 0 amide bonds. The molecule has 4 rings (SSSR count). The van der Waals surface area contributed by atoms with E-state index in [1.54, 1.807) is 7.11 Å². The van der Waals surface area contributed by atoms with Gasteiger partial charge in [0.2, 0.25) is 0 Å². The molecule has 2 aliphatic carbocycles. The fraction of sp³-hybridized carbons (Fsp3) is 0.619. The molecule has 1 aromatic carbocycles. The van der Waals surface area contributed by atoms with Gasteiger partial charge in [0.1, 0.15) is 5.75 Å². The molecule has 3 nitrogen and oxygen atoms in total. The van der Waals surface area contributed by atoms with Crippen LogP contribution in [0.1, 0.15) is 32.1 Å². The maximum absolute atomic E-state index is 5.55. The van der Waals surface area contributed by atoms with Crippen LogP contribution in [0.5, 0.6) is 5.75 Å². The van der Waals surface area contributed by atoms with Gasteiger partial charge in [-0.25, -0.2) is 0 Å². The summed E-state index contributed by atoms with van der Waals surface area (Å²) < 4.78 is 5.55. The Balaban J connectivity index is 1.44. The molecule has 1 heterocycles. The Labute approximate surface area is 146 Å². The number of nitrogens with zero attached hydrogens (tertiary/aromatic N) is 2. The average molecular weight is 326 g/mol. The molecule has 3 heteroatoms. The highest BCUT2D eigenvalue weighted by molar-refractivity contribution is 5.58. The Hall–Kier alpha value is -1.48. The van der Waals surface area contributed by atoms with Gasteiger partial charge in [-0.2, -0.15) is 0 Å². The van der Waals surface area contributed by atoms with E-state index in [2.05, 4.69) is 40.6 Å². The molecule has 0 radical (unpaired) electrons. The van der Waals surface area contributed by atoms with Gasteiger partial charge in [0, 0.05) is 32.2 Å². The van der Waals surface area contributed by atoms with E-state index in [4.69, 9.17) is 4.74 Å². The fourth-order valence-electron chi connectivity index (χ4n) is 5.39. The van der Waals surface area contributed by atoms with Gasteiger partial charge in [-0.3, -0.25) is 4.90 Å². The van der Waals surface area contributed by atoms with E-state index in [1.807, 2.05) is 0 Å². The lowest BCUT2D eigenvalue weighted by Crippen LogP contribution is -2.57. The number of ether oxygens (including phenoxy) is 1. The van der Waals surface area contributed by atoms with Gasteiger partial charge in [-0.15, -0.1) is 0 Å². The first kappa shape index (κ1) is 16.0. The van der Waals surface area contributed by atoms with Crippen LogP contribution in [-0.2, 0) is 0 Å². The van der Waals surface area contributed by atoms with E-state index in [0.717, 1.165) is 36.7 Å². The van der Waals surface area contributed by atoms with Crippen molar-refractivity contribution < 1.29 is 4.74 Å². The zero-order valence-corrected chi connectivity index (χ0v) is 14.9. The summed E-state index contributed by atoms with van der Waals surface area (Å²) in [6, 6.07) is 9.23. The first-order chi connectivity index (χ1) is 11.8. The summed E-state index contributed by atoms with van der Waals surface area (Å²) in [4.78, 5) is 5.29. The van der Waals surface area contributed by atoms with Crippen LogP contribution >= 0.6 is 0 Å². The zero-order valence-electron chi connectivity index (χ0n) is 14.9. The summed E-state index contributed by atoms with van der Waals surface area (Å²) in [6.07, 6.45) is 6.79. The van der Waals surface area contributed by atoms with Gasteiger partial charge in [0.15, 0.2) is 0 Å². The maximum atomic E-state index is 5.55. The Morgan fingerprint density at radius 2 is 1.67 bits per heavy atom. The van der Waals surface area contributed by atoms with Crippen molar-refractivity contribution in [3.63, 3.8) is 0 Å².